The van der Waals surface area contributed by atoms with Crippen molar-refractivity contribution in [2.75, 3.05) is 7.11 Å². The molecule has 0 unspecified atom stereocenters. The van der Waals surface area contributed by atoms with E-state index < -0.39 is 16.8 Å². The Bertz CT molecular complexity index is 1540. The number of allylic oxidation sites excluding steroid dienone is 2. The summed E-state index contributed by atoms with van der Waals surface area (Å²) < 4.78 is 10.9. The molecule has 8 nitrogen and oxygen atoms in total. The maximum Gasteiger partial charge on any atom is 0.336 e. The molecule has 0 bridgehead atoms. The number of benzene rings is 3. The average molecular weight is 517 g/mol. The minimum atomic E-state index is -0.702. The summed E-state index contributed by atoms with van der Waals surface area (Å²) in [7, 11) is 1.30. The maximum absolute atomic E-state index is 13.5. The fraction of sp³-hybridized carbons (Fsp3) is 0.143. The van der Waals surface area contributed by atoms with Crippen LogP contribution in [0, 0.1) is 10.1 Å². The van der Waals surface area contributed by atoms with Gasteiger partial charge in [0, 0.05) is 40.4 Å². The summed E-state index contributed by atoms with van der Waals surface area (Å²) in [5.74, 6) is -1.06. The minimum absolute atomic E-state index is 0.0303. The number of non-ortho nitro benzene ring substituents is 1. The van der Waals surface area contributed by atoms with Crippen molar-refractivity contribution >= 4 is 34.7 Å². The fourth-order valence-electron chi connectivity index (χ4n) is 4.78. The van der Waals surface area contributed by atoms with Crippen LogP contribution in [0.4, 0.5) is 5.69 Å². The number of carbonyl (C=O) groups is 2. The van der Waals surface area contributed by atoms with Crippen LogP contribution in [0.2, 0.25) is 5.02 Å². The third kappa shape index (κ3) is 4.25. The number of fused-ring (bicyclic) bond motifs is 2. The monoisotopic (exact) mass is 516 g/mol. The van der Waals surface area contributed by atoms with Crippen LogP contribution in [-0.4, -0.2) is 23.8 Å². The number of ether oxygens (including phenoxy) is 2. The zero-order valence-electron chi connectivity index (χ0n) is 19.9. The number of hydrogen-bond acceptors (Lipinski definition) is 7. The molecule has 0 amide bonds. The highest BCUT2D eigenvalue weighted by Gasteiger charge is 2.42. The number of ketones is 1. The van der Waals surface area contributed by atoms with Gasteiger partial charge in [-0.15, -0.1) is 0 Å². The Morgan fingerprint density at radius 2 is 1.84 bits per heavy atom. The van der Waals surface area contributed by atoms with Gasteiger partial charge in [0.25, 0.3) is 5.69 Å². The molecular weight excluding hydrogens is 496 g/mol. The molecule has 0 spiro atoms. The first kappa shape index (κ1) is 24.3. The molecule has 37 heavy (non-hydrogen) atoms. The minimum Gasteiger partial charge on any atom is -0.487 e. The van der Waals surface area contributed by atoms with Crippen molar-refractivity contribution in [3.05, 3.63) is 121 Å². The Hall–Kier alpha value is -4.43. The van der Waals surface area contributed by atoms with Crippen LogP contribution in [0.1, 0.15) is 39.9 Å². The molecule has 2 aliphatic rings. The third-order valence-corrected chi connectivity index (χ3v) is 6.75. The Morgan fingerprint density at radius 1 is 1.08 bits per heavy atom. The van der Waals surface area contributed by atoms with E-state index in [9.17, 15) is 19.7 Å². The van der Waals surface area contributed by atoms with E-state index in [0.29, 0.717) is 45.0 Å². The largest absolute Gasteiger partial charge is 0.487 e. The standard InChI is InChI=1S/C28H21ClN2O6/c1-15-23(28(33)36-2)24(25-26(30-15)19-8-3-4-9-20(19)27(25)32)17-10-11-22(21(29)13-17)37-14-16-6-5-7-18(12-16)31(34)35/h3-13,24,30H,14H2,1-2H3/t24-/m1/s1. The average Bonchev–Trinajstić information content (AvgIpc) is 3.18. The Morgan fingerprint density at radius 3 is 2.54 bits per heavy atom. The van der Waals surface area contributed by atoms with E-state index in [1.54, 1.807) is 49.4 Å². The zero-order valence-corrected chi connectivity index (χ0v) is 20.7. The summed E-state index contributed by atoms with van der Waals surface area (Å²) in [5, 5.41) is 14.5. The number of nitrogens with zero attached hydrogens (tertiary/aromatic N) is 1. The van der Waals surface area contributed by atoms with Gasteiger partial charge in [-0.1, -0.05) is 54.1 Å². The quantitative estimate of drug-likeness (QED) is 0.259. The number of hydrogen-bond donors (Lipinski definition) is 1. The van der Waals surface area contributed by atoms with E-state index in [1.165, 1.54) is 19.2 Å². The molecular formula is C28H21ClN2O6. The van der Waals surface area contributed by atoms with E-state index in [4.69, 9.17) is 21.1 Å². The van der Waals surface area contributed by atoms with Crippen molar-refractivity contribution < 1.29 is 24.0 Å². The van der Waals surface area contributed by atoms with Gasteiger partial charge < -0.3 is 14.8 Å². The molecule has 1 N–H and O–H groups in total. The highest BCUT2D eigenvalue weighted by atomic mass is 35.5. The molecule has 1 atom stereocenters. The van der Waals surface area contributed by atoms with E-state index >= 15 is 0 Å². The number of esters is 1. The first-order valence-corrected chi connectivity index (χ1v) is 11.8. The summed E-state index contributed by atoms with van der Waals surface area (Å²) in [6, 6.07) is 18.5. The van der Waals surface area contributed by atoms with Crippen molar-refractivity contribution in [3.8, 4) is 5.75 Å². The Balaban J connectivity index is 1.51. The Labute approximate surface area is 217 Å². The van der Waals surface area contributed by atoms with Gasteiger partial charge in [-0.05, 0) is 30.2 Å². The van der Waals surface area contributed by atoms with Gasteiger partial charge >= 0.3 is 5.97 Å². The molecule has 186 valence electrons. The van der Waals surface area contributed by atoms with Crippen molar-refractivity contribution in [3.63, 3.8) is 0 Å². The molecule has 0 saturated carbocycles. The fourth-order valence-corrected chi connectivity index (χ4v) is 5.02. The van der Waals surface area contributed by atoms with E-state index in [2.05, 4.69) is 5.32 Å². The molecule has 1 heterocycles. The second kappa shape index (κ2) is 9.55. The van der Waals surface area contributed by atoms with Crippen LogP contribution < -0.4 is 10.1 Å². The second-order valence-electron chi connectivity index (χ2n) is 8.66. The van der Waals surface area contributed by atoms with E-state index in [1.807, 2.05) is 12.1 Å². The predicted molar refractivity (Wildman–Crippen MR) is 137 cm³/mol. The van der Waals surface area contributed by atoms with Crippen molar-refractivity contribution in [1.82, 2.24) is 5.32 Å². The maximum atomic E-state index is 13.5. The van der Waals surface area contributed by atoms with Crippen molar-refractivity contribution in [1.29, 1.82) is 0 Å². The molecule has 0 fully saturated rings. The number of halogens is 1. The molecule has 1 aliphatic heterocycles. The lowest BCUT2D eigenvalue weighted by atomic mass is 9.80. The van der Waals surface area contributed by atoms with Crippen LogP contribution >= 0.6 is 11.6 Å². The van der Waals surface area contributed by atoms with Crippen LogP contribution in [0.15, 0.2) is 83.6 Å². The summed E-state index contributed by atoms with van der Waals surface area (Å²) in [5.41, 5.74) is 4.58. The molecule has 0 radical (unpaired) electrons. The van der Waals surface area contributed by atoms with Gasteiger partial charge in [0.2, 0.25) is 0 Å². The summed E-state index contributed by atoms with van der Waals surface area (Å²) in [6.07, 6.45) is 0. The number of carbonyl (C=O) groups excluding carboxylic acids is 2. The topological polar surface area (TPSA) is 108 Å². The number of nitro benzene ring substituents is 1. The summed E-state index contributed by atoms with van der Waals surface area (Å²) >= 11 is 6.58. The van der Waals surface area contributed by atoms with E-state index in [-0.39, 0.29) is 23.1 Å². The van der Waals surface area contributed by atoms with Gasteiger partial charge in [0.1, 0.15) is 12.4 Å². The van der Waals surface area contributed by atoms with Gasteiger partial charge in [0.15, 0.2) is 5.78 Å². The van der Waals surface area contributed by atoms with E-state index in [0.717, 1.165) is 5.56 Å². The van der Waals surface area contributed by atoms with Gasteiger partial charge in [0.05, 0.1) is 28.3 Å². The lowest BCUT2D eigenvalue weighted by Crippen LogP contribution is -2.29. The molecule has 3 aromatic carbocycles. The molecule has 0 aromatic heterocycles. The normalized spacial score (nSPS) is 16.2. The van der Waals surface area contributed by atoms with Gasteiger partial charge in [-0.25, -0.2) is 4.79 Å². The summed E-state index contributed by atoms with van der Waals surface area (Å²) in [4.78, 5) is 36.9. The number of nitro groups is 1. The van der Waals surface area contributed by atoms with Crippen LogP contribution in [-0.2, 0) is 16.1 Å². The zero-order chi connectivity index (χ0) is 26.3. The smallest absolute Gasteiger partial charge is 0.336 e. The third-order valence-electron chi connectivity index (χ3n) is 6.46. The highest BCUT2D eigenvalue weighted by Crippen LogP contribution is 2.47. The summed E-state index contributed by atoms with van der Waals surface area (Å²) in [6.45, 7) is 1.84. The van der Waals surface area contributed by atoms with Crippen molar-refractivity contribution in [2.45, 2.75) is 19.4 Å². The number of methoxy groups -OCH3 is 1. The molecule has 9 heteroatoms. The molecule has 1 aliphatic carbocycles. The SMILES string of the molecule is COC(=O)C1=C(C)NC2=C(C(=O)c3ccccc32)[C@@H]1c1ccc(OCc2cccc([N+](=O)[O-])c2)c(Cl)c1. The Kier molecular flexibility index (Phi) is 6.27. The lowest BCUT2D eigenvalue weighted by Gasteiger charge is -2.29. The second-order valence-corrected chi connectivity index (χ2v) is 9.06. The van der Waals surface area contributed by atoms with Crippen molar-refractivity contribution in [2.24, 2.45) is 0 Å². The number of nitrogens with one attached hydrogen (secondary N) is 1. The predicted octanol–water partition coefficient (Wildman–Crippen LogP) is 5.57. The highest BCUT2D eigenvalue weighted by molar-refractivity contribution is 6.32. The van der Waals surface area contributed by atoms with Crippen LogP contribution in [0.3, 0.4) is 0 Å². The number of Topliss-reactive ketones (excluding diaryl/α,β-unsaturated/α-hetero) is 1. The van der Waals surface area contributed by atoms with Gasteiger partial charge in [-0.2, -0.15) is 0 Å². The molecule has 3 aromatic rings. The number of rotatable bonds is 6. The molecule has 5 rings (SSSR count). The first-order valence-electron chi connectivity index (χ1n) is 11.4. The van der Waals surface area contributed by atoms with Crippen LogP contribution in [0.5, 0.6) is 5.75 Å². The first-order chi connectivity index (χ1) is 17.8. The lowest BCUT2D eigenvalue weighted by molar-refractivity contribution is -0.384. The molecule has 0 saturated heterocycles. The van der Waals surface area contributed by atoms with Crippen LogP contribution in [0.25, 0.3) is 5.70 Å². The number of dihydropyridines is 1. The van der Waals surface area contributed by atoms with Gasteiger partial charge in [-0.3, -0.25) is 14.9 Å².